The predicted molar refractivity (Wildman–Crippen MR) is 268 cm³/mol. The number of hydrogen-bond acceptors (Lipinski definition) is 14. The standard InChI is InChI=1S/C47H66FN11O12S2/c1-5-26(4)41-46(70)55-31(14-15-36(49)61)43(67)56-34(20-37(50)62)44(68)57-35(24-73-72-17-16-39(64)53-33(45(69)58-41)19-27-8-12-30(60)13-9-27)47(71)59(22-28-6-10-29(48)11-7-28)23-40(65)54-32(18-25(2)3)42(66)52-21-38(51)63/h6-13,25-26,31-35,41,60H,5,14-24H2,1-4H3,(H2,49,61)(H2,50,62)(H2,51,63)(H,52,66)(H,53,64)(H,54,65)(H,55,70)(H,56,67)(H,57,68)(H,58,69)/t26-,31-,32-,33-,34-,35-,41-/m0/s1. The first-order chi connectivity index (χ1) is 34.4. The van der Waals surface area contributed by atoms with E-state index in [4.69, 9.17) is 17.2 Å². The zero-order valence-corrected chi connectivity index (χ0v) is 42.7. The zero-order chi connectivity index (χ0) is 54.4. The van der Waals surface area contributed by atoms with Crippen LogP contribution in [0.1, 0.15) is 77.3 Å². The monoisotopic (exact) mass is 1060 g/mol. The van der Waals surface area contributed by atoms with Gasteiger partial charge in [-0.25, -0.2) is 4.39 Å². The molecule has 1 saturated heterocycles. The van der Waals surface area contributed by atoms with E-state index in [0.29, 0.717) is 17.5 Å². The molecule has 2 aromatic rings. The van der Waals surface area contributed by atoms with Crippen molar-refractivity contribution < 1.29 is 62.2 Å². The molecule has 11 amide bonds. The Bertz CT molecular complexity index is 2290. The molecule has 1 fully saturated rings. The number of nitrogens with one attached hydrogen (secondary N) is 7. The van der Waals surface area contributed by atoms with Crippen molar-refractivity contribution in [3.63, 3.8) is 0 Å². The second-order valence-electron chi connectivity index (χ2n) is 17.8. The largest absolute Gasteiger partial charge is 0.508 e. The third-order valence-electron chi connectivity index (χ3n) is 11.2. The van der Waals surface area contributed by atoms with Crippen molar-refractivity contribution in [2.24, 2.45) is 29.0 Å². The number of carbonyl (C=O) groups is 11. The third kappa shape index (κ3) is 21.7. The van der Waals surface area contributed by atoms with E-state index in [0.717, 1.165) is 38.6 Å². The minimum Gasteiger partial charge on any atom is -0.508 e. The van der Waals surface area contributed by atoms with E-state index in [1.807, 2.05) is 0 Å². The zero-order valence-electron chi connectivity index (χ0n) is 41.0. The van der Waals surface area contributed by atoms with Crippen molar-refractivity contribution >= 4 is 86.6 Å². The molecule has 0 spiro atoms. The maximum Gasteiger partial charge on any atom is 0.246 e. The molecule has 0 radical (unpaired) electrons. The van der Waals surface area contributed by atoms with Gasteiger partial charge in [0.1, 0.15) is 47.8 Å². The first-order valence-corrected chi connectivity index (χ1v) is 25.9. The minimum absolute atomic E-state index is 0.0437. The average Bonchev–Trinajstić information content (AvgIpc) is 3.32. The van der Waals surface area contributed by atoms with E-state index in [9.17, 15) is 62.2 Å². The van der Waals surface area contributed by atoms with Crippen LogP contribution in [0, 0.1) is 17.7 Å². The quantitative estimate of drug-likeness (QED) is 0.0683. The smallest absolute Gasteiger partial charge is 0.246 e. The predicted octanol–water partition coefficient (Wildman–Crippen LogP) is -1.37. The molecule has 400 valence electrons. The molecule has 26 heteroatoms. The van der Waals surface area contributed by atoms with Gasteiger partial charge in [-0.2, -0.15) is 0 Å². The molecule has 1 aliphatic heterocycles. The van der Waals surface area contributed by atoms with Crippen LogP contribution < -0.4 is 54.4 Å². The Morgan fingerprint density at radius 1 is 0.767 bits per heavy atom. The Kier molecular flexibility index (Phi) is 24.9. The number of benzene rings is 2. The highest BCUT2D eigenvalue weighted by Gasteiger charge is 2.36. The van der Waals surface area contributed by atoms with Crippen molar-refractivity contribution in [1.82, 2.24) is 42.1 Å². The van der Waals surface area contributed by atoms with Gasteiger partial charge >= 0.3 is 0 Å². The van der Waals surface area contributed by atoms with Crippen LogP contribution in [-0.4, -0.2) is 136 Å². The van der Waals surface area contributed by atoms with Crippen molar-refractivity contribution in [2.45, 2.75) is 115 Å². The van der Waals surface area contributed by atoms with Crippen LogP contribution in [0.3, 0.4) is 0 Å². The van der Waals surface area contributed by atoms with Crippen LogP contribution >= 0.6 is 21.6 Å². The Morgan fingerprint density at radius 3 is 1.99 bits per heavy atom. The molecule has 1 aliphatic rings. The van der Waals surface area contributed by atoms with E-state index < -0.39 is 145 Å². The van der Waals surface area contributed by atoms with E-state index in [-0.39, 0.29) is 49.0 Å². The number of rotatable bonds is 20. The number of amides is 11. The molecular weight excluding hydrogens is 994 g/mol. The number of nitrogens with zero attached hydrogens (tertiary/aromatic N) is 1. The highest BCUT2D eigenvalue weighted by atomic mass is 33.1. The Balaban J connectivity index is 2.11. The number of nitrogens with two attached hydrogens (primary N) is 3. The molecule has 7 atom stereocenters. The number of aromatic hydroxyl groups is 1. The number of hydrogen-bond donors (Lipinski definition) is 11. The van der Waals surface area contributed by atoms with Crippen LogP contribution in [0.25, 0.3) is 0 Å². The first-order valence-electron chi connectivity index (χ1n) is 23.4. The van der Waals surface area contributed by atoms with Gasteiger partial charge in [0.15, 0.2) is 0 Å². The molecule has 0 aliphatic carbocycles. The molecular formula is C47H66FN11O12S2. The van der Waals surface area contributed by atoms with Crippen molar-refractivity contribution in [3.8, 4) is 5.75 Å². The highest BCUT2D eigenvalue weighted by Crippen LogP contribution is 2.24. The second-order valence-corrected chi connectivity index (χ2v) is 20.5. The molecule has 0 bridgehead atoms. The Morgan fingerprint density at radius 2 is 1.38 bits per heavy atom. The Labute approximate surface area is 429 Å². The van der Waals surface area contributed by atoms with Gasteiger partial charge in [-0.15, -0.1) is 0 Å². The summed E-state index contributed by atoms with van der Waals surface area (Å²) in [6.45, 7) is 5.35. The van der Waals surface area contributed by atoms with Crippen molar-refractivity contribution in [3.05, 3.63) is 65.5 Å². The fourth-order valence-corrected chi connectivity index (χ4v) is 9.36. The molecule has 0 unspecified atom stereocenters. The summed E-state index contributed by atoms with van der Waals surface area (Å²) in [7, 11) is 2.11. The van der Waals surface area contributed by atoms with E-state index >= 15 is 0 Å². The number of phenols is 1. The third-order valence-corrected chi connectivity index (χ3v) is 13.7. The van der Waals surface area contributed by atoms with E-state index in [1.165, 1.54) is 24.3 Å². The normalized spacial score (nSPS) is 20.4. The van der Waals surface area contributed by atoms with Gasteiger partial charge in [0.2, 0.25) is 65.0 Å². The number of primary amides is 3. The summed E-state index contributed by atoms with van der Waals surface area (Å²) in [4.78, 5) is 148. The summed E-state index contributed by atoms with van der Waals surface area (Å²) in [5.41, 5.74) is 17.0. The average molecular weight is 1060 g/mol. The fourth-order valence-electron chi connectivity index (χ4n) is 7.21. The summed E-state index contributed by atoms with van der Waals surface area (Å²) in [5.74, 6) is -11.3. The number of halogens is 1. The van der Waals surface area contributed by atoms with Gasteiger partial charge in [-0.3, -0.25) is 52.7 Å². The summed E-state index contributed by atoms with van der Waals surface area (Å²) in [5, 5.41) is 27.6. The van der Waals surface area contributed by atoms with Crippen LogP contribution in [0.5, 0.6) is 5.75 Å². The van der Waals surface area contributed by atoms with Crippen LogP contribution in [0.2, 0.25) is 0 Å². The SMILES string of the molecule is CC[C@H](C)[C@@H]1NC(=O)[C@H](Cc2ccc(O)cc2)NC(=O)CCSSC[C@@H](C(=O)N(CC(=O)N[C@@H](CC(C)C)C(=O)NCC(N)=O)Cc2ccc(F)cc2)NC(=O)[C@H](CC(N)=O)NC(=O)[C@H](CCC(N)=O)NC1=O. The second kappa shape index (κ2) is 30.2. The van der Waals surface area contributed by atoms with Crippen molar-refractivity contribution in [2.75, 3.05) is 24.6 Å². The summed E-state index contributed by atoms with van der Waals surface area (Å²) in [6, 6.07) is 2.06. The first kappa shape index (κ1) is 60.3. The van der Waals surface area contributed by atoms with Gasteiger partial charge in [0, 0.05) is 37.3 Å². The molecule has 73 heavy (non-hydrogen) atoms. The highest BCUT2D eigenvalue weighted by molar-refractivity contribution is 8.76. The van der Waals surface area contributed by atoms with Crippen molar-refractivity contribution in [1.29, 1.82) is 0 Å². The topological polar surface area (TPSA) is 374 Å². The van der Waals surface area contributed by atoms with E-state index in [2.05, 4.69) is 37.2 Å². The molecule has 0 aromatic heterocycles. The van der Waals surface area contributed by atoms with E-state index in [1.54, 1.807) is 39.8 Å². The van der Waals surface area contributed by atoms with Crippen LogP contribution in [0.4, 0.5) is 4.39 Å². The minimum atomic E-state index is -1.81. The van der Waals surface area contributed by atoms with Gasteiger partial charge in [0.25, 0.3) is 0 Å². The maximum atomic E-state index is 14.8. The fraction of sp³-hybridized carbons (Fsp3) is 0.511. The molecule has 14 N–H and O–H groups in total. The Hall–Kier alpha value is -6.96. The van der Waals surface area contributed by atoms with Crippen LogP contribution in [0.15, 0.2) is 48.5 Å². The summed E-state index contributed by atoms with van der Waals surface area (Å²) < 4.78 is 14.0. The lowest BCUT2D eigenvalue weighted by atomic mass is 9.96. The maximum absolute atomic E-state index is 14.8. The lowest BCUT2D eigenvalue weighted by Crippen LogP contribution is -2.61. The number of carbonyl (C=O) groups excluding carboxylic acids is 11. The van der Waals surface area contributed by atoms with Gasteiger partial charge < -0.3 is 64.4 Å². The van der Waals surface area contributed by atoms with Gasteiger partial charge in [0.05, 0.1) is 19.5 Å². The van der Waals surface area contributed by atoms with Crippen LogP contribution in [-0.2, 0) is 65.7 Å². The van der Waals surface area contributed by atoms with Gasteiger partial charge in [-0.05, 0) is 60.1 Å². The summed E-state index contributed by atoms with van der Waals surface area (Å²) >= 11 is 0. The molecule has 23 nitrogen and oxygen atoms in total. The number of phenolic OH excluding ortho intramolecular Hbond substituents is 1. The molecule has 3 rings (SSSR count). The molecule has 2 aromatic carbocycles. The lowest BCUT2D eigenvalue weighted by molar-refractivity contribution is -0.141. The molecule has 0 saturated carbocycles. The summed E-state index contributed by atoms with van der Waals surface area (Å²) in [6.07, 6.45) is -1.51. The lowest BCUT2D eigenvalue weighted by Gasteiger charge is -2.30. The van der Waals surface area contributed by atoms with Gasteiger partial charge in [-0.1, -0.05) is 80.0 Å². The molecule has 1 heterocycles.